The van der Waals surface area contributed by atoms with Crippen LogP contribution in [0.3, 0.4) is 0 Å². The number of methoxy groups -OCH3 is 1. The quantitative estimate of drug-likeness (QED) is 0.466. The van der Waals surface area contributed by atoms with Gasteiger partial charge in [-0.25, -0.2) is 5.01 Å². The summed E-state index contributed by atoms with van der Waals surface area (Å²) in [7, 11) is 3.52. The Morgan fingerprint density at radius 3 is 2.51 bits per heavy atom. The summed E-state index contributed by atoms with van der Waals surface area (Å²) >= 11 is 6.27. The summed E-state index contributed by atoms with van der Waals surface area (Å²) < 4.78 is 7.19. The van der Waals surface area contributed by atoms with Crippen molar-refractivity contribution in [3.05, 3.63) is 94.3 Å². The highest BCUT2D eigenvalue weighted by Gasteiger charge is 2.35. The van der Waals surface area contributed by atoms with Crippen LogP contribution in [0.25, 0.3) is 0 Å². The average molecular weight is 493 g/mol. The molecule has 0 saturated carbocycles. The van der Waals surface area contributed by atoms with Crippen molar-refractivity contribution in [1.82, 2.24) is 14.5 Å². The van der Waals surface area contributed by atoms with Crippen molar-refractivity contribution in [2.45, 2.75) is 19.4 Å². The Morgan fingerprint density at radius 1 is 1.11 bits per heavy atom. The van der Waals surface area contributed by atoms with Crippen molar-refractivity contribution >= 4 is 29.1 Å². The van der Waals surface area contributed by atoms with Crippen LogP contribution in [0.4, 0.5) is 0 Å². The fourth-order valence-corrected chi connectivity index (χ4v) is 4.42. The van der Waals surface area contributed by atoms with Gasteiger partial charge in [0.25, 0.3) is 11.8 Å². The number of rotatable bonds is 8. The van der Waals surface area contributed by atoms with Crippen LogP contribution < -0.4 is 0 Å². The standard InChI is InChI=1S/C27H29ClN4O3/c1-19-10-12-20(13-11-19)25-17-23(24-9-6-14-30(24)2)29-32(25)26(33)18-31(15-16-35-3)27(34)21-7-4-5-8-22(21)28/h4-14,25H,15-18H2,1-3H3. The molecule has 8 heteroatoms. The third-order valence-corrected chi connectivity index (χ3v) is 6.48. The lowest BCUT2D eigenvalue weighted by atomic mass is 9.99. The van der Waals surface area contributed by atoms with Crippen molar-refractivity contribution in [2.75, 3.05) is 26.8 Å². The van der Waals surface area contributed by atoms with Crippen LogP contribution in [0.15, 0.2) is 72.0 Å². The van der Waals surface area contributed by atoms with E-state index < -0.39 is 0 Å². The van der Waals surface area contributed by atoms with Gasteiger partial charge in [0, 0.05) is 33.3 Å². The fourth-order valence-electron chi connectivity index (χ4n) is 4.20. The van der Waals surface area contributed by atoms with Gasteiger partial charge < -0.3 is 14.2 Å². The van der Waals surface area contributed by atoms with Gasteiger partial charge in [-0.2, -0.15) is 5.10 Å². The average Bonchev–Trinajstić information content (AvgIpc) is 3.48. The Kier molecular flexibility index (Phi) is 7.68. The van der Waals surface area contributed by atoms with Crippen LogP contribution in [0.5, 0.6) is 0 Å². The number of benzene rings is 2. The minimum Gasteiger partial charge on any atom is -0.383 e. The predicted molar refractivity (Wildman–Crippen MR) is 137 cm³/mol. The van der Waals surface area contributed by atoms with Crippen LogP contribution in [-0.2, 0) is 16.6 Å². The van der Waals surface area contributed by atoms with Gasteiger partial charge in [-0.1, -0.05) is 53.6 Å². The molecule has 1 atom stereocenters. The Balaban J connectivity index is 1.63. The summed E-state index contributed by atoms with van der Waals surface area (Å²) in [6, 6.07) is 18.6. The van der Waals surface area contributed by atoms with Gasteiger partial charge in [0.2, 0.25) is 0 Å². The number of nitrogens with zero attached hydrogens (tertiary/aromatic N) is 4. The summed E-state index contributed by atoms with van der Waals surface area (Å²) in [5, 5.41) is 6.60. The maximum absolute atomic E-state index is 13.6. The first-order valence-corrected chi connectivity index (χ1v) is 11.9. The molecule has 182 valence electrons. The number of carbonyl (C=O) groups is 2. The molecule has 0 bridgehead atoms. The molecule has 0 spiro atoms. The number of carbonyl (C=O) groups excluding carboxylic acids is 2. The predicted octanol–water partition coefficient (Wildman–Crippen LogP) is 4.45. The van der Waals surface area contributed by atoms with Gasteiger partial charge in [-0.3, -0.25) is 9.59 Å². The van der Waals surface area contributed by atoms with Gasteiger partial charge in [-0.15, -0.1) is 0 Å². The van der Waals surface area contributed by atoms with Gasteiger partial charge in [0.15, 0.2) is 0 Å². The molecular weight excluding hydrogens is 464 g/mol. The Hall–Kier alpha value is -3.42. The van der Waals surface area contributed by atoms with Crippen molar-refractivity contribution < 1.29 is 14.3 Å². The van der Waals surface area contributed by atoms with Gasteiger partial charge in [0.05, 0.1) is 34.6 Å². The Morgan fingerprint density at radius 2 is 1.86 bits per heavy atom. The molecule has 1 aliphatic rings. The van der Waals surface area contributed by atoms with Crippen LogP contribution >= 0.6 is 11.6 Å². The normalized spacial score (nSPS) is 15.3. The van der Waals surface area contributed by atoms with Crippen LogP contribution in [0.2, 0.25) is 5.02 Å². The number of aryl methyl sites for hydroxylation is 2. The first kappa shape index (κ1) is 24.7. The molecule has 3 aromatic rings. The van der Waals surface area contributed by atoms with E-state index in [-0.39, 0.29) is 30.9 Å². The summed E-state index contributed by atoms with van der Waals surface area (Å²) in [4.78, 5) is 28.4. The molecular formula is C27H29ClN4O3. The molecule has 0 fully saturated rings. The minimum atomic E-state index is -0.321. The molecule has 2 heterocycles. The smallest absolute Gasteiger partial charge is 0.262 e. The monoisotopic (exact) mass is 492 g/mol. The second kappa shape index (κ2) is 10.9. The Bertz CT molecular complexity index is 1240. The van der Waals surface area contributed by atoms with Crippen molar-refractivity contribution in [2.24, 2.45) is 12.1 Å². The molecule has 7 nitrogen and oxygen atoms in total. The van der Waals surface area contributed by atoms with E-state index in [1.165, 1.54) is 9.91 Å². The number of ether oxygens (including phenoxy) is 1. The molecule has 1 aliphatic heterocycles. The number of hydrazone groups is 1. The zero-order valence-electron chi connectivity index (χ0n) is 20.1. The molecule has 1 unspecified atom stereocenters. The van der Waals surface area contributed by atoms with Crippen LogP contribution in [0, 0.1) is 6.92 Å². The van der Waals surface area contributed by atoms with E-state index >= 15 is 0 Å². The highest BCUT2D eigenvalue weighted by molar-refractivity contribution is 6.33. The first-order chi connectivity index (χ1) is 16.9. The van der Waals surface area contributed by atoms with E-state index in [2.05, 4.69) is 0 Å². The highest BCUT2D eigenvalue weighted by atomic mass is 35.5. The lowest BCUT2D eigenvalue weighted by molar-refractivity contribution is -0.133. The number of halogens is 1. The second-order valence-electron chi connectivity index (χ2n) is 8.62. The summed E-state index contributed by atoms with van der Waals surface area (Å²) in [6.45, 7) is 2.44. The zero-order chi connectivity index (χ0) is 24.9. The number of hydrogen-bond donors (Lipinski definition) is 0. The molecule has 2 amide bonds. The SMILES string of the molecule is COCCN(CC(=O)N1N=C(c2cccn2C)CC1c1ccc(C)cc1)C(=O)c1ccccc1Cl. The number of aromatic nitrogens is 1. The summed E-state index contributed by atoms with van der Waals surface area (Å²) in [5.74, 6) is -0.588. The topological polar surface area (TPSA) is 67.1 Å². The lowest BCUT2D eigenvalue weighted by Gasteiger charge is -2.27. The summed E-state index contributed by atoms with van der Waals surface area (Å²) in [5.41, 5.74) is 4.28. The van der Waals surface area contributed by atoms with Crippen molar-refractivity contribution in [3.8, 4) is 0 Å². The van der Waals surface area contributed by atoms with E-state index in [4.69, 9.17) is 21.4 Å². The minimum absolute atomic E-state index is 0.139. The van der Waals surface area contributed by atoms with Gasteiger partial charge in [0.1, 0.15) is 6.54 Å². The lowest BCUT2D eigenvalue weighted by Crippen LogP contribution is -2.42. The summed E-state index contributed by atoms with van der Waals surface area (Å²) in [6.07, 6.45) is 2.54. The second-order valence-corrected chi connectivity index (χ2v) is 9.03. The van der Waals surface area contributed by atoms with E-state index in [0.717, 1.165) is 22.5 Å². The largest absolute Gasteiger partial charge is 0.383 e. The van der Waals surface area contributed by atoms with Crippen LogP contribution in [0.1, 0.15) is 39.6 Å². The third-order valence-electron chi connectivity index (χ3n) is 6.15. The fraction of sp³-hybridized carbons (Fsp3) is 0.296. The molecule has 4 rings (SSSR count). The maximum Gasteiger partial charge on any atom is 0.262 e. The molecule has 0 saturated heterocycles. The van der Waals surface area contributed by atoms with Gasteiger partial charge >= 0.3 is 0 Å². The number of hydrogen-bond acceptors (Lipinski definition) is 4. The van der Waals surface area contributed by atoms with Crippen LogP contribution in [-0.4, -0.2) is 58.8 Å². The molecule has 1 aromatic heterocycles. The molecule has 2 aromatic carbocycles. The molecule has 0 aliphatic carbocycles. The first-order valence-electron chi connectivity index (χ1n) is 11.5. The van der Waals surface area contributed by atoms with E-state index in [9.17, 15) is 9.59 Å². The molecule has 0 radical (unpaired) electrons. The van der Waals surface area contributed by atoms with E-state index in [1.54, 1.807) is 31.4 Å². The van der Waals surface area contributed by atoms with E-state index in [1.807, 2.05) is 61.1 Å². The van der Waals surface area contributed by atoms with Crippen molar-refractivity contribution in [1.29, 1.82) is 0 Å². The molecule has 0 N–H and O–H groups in total. The Labute approximate surface area is 210 Å². The highest BCUT2D eigenvalue weighted by Crippen LogP contribution is 2.33. The number of amides is 2. The van der Waals surface area contributed by atoms with Crippen molar-refractivity contribution in [3.63, 3.8) is 0 Å². The van der Waals surface area contributed by atoms with E-state index in [0.29, 0.717) is 23.6 Å². The zero-order valence-corrected chi connectivity index (χ0v) is 20.9. The molecule has 35 heavy (non-hydrogen) atoms. The maximum atomic E-state index is 13.6. The van der Waals surface area contributed by atoms with Gasteiger partial charge in [-0.05, 0) is 36.8 Å². The third kappa shape index (κ3) is 5.47.